The maximum Gasteiger partial charge on any atom is 0.325 e. The number of urea groups is 1. The van der Waals surface area contributed by atoms with Crippen LogP contribution >= 0.6 is 15.9 Å². The van der Waals surface area contributed by atoms with Gasteiger partial charge in [0, 0.05) is 18.1 Å². The van der Waals surface area contributed by atoms with E-state index >= 15 is 0 Å². The molecule has 0 radical (unpaired) electrons. The van der Waals surface area contributed by atoms with Crippen molar-refractivity contribution in [3.8, 4) is 6.07 Å². The highest BCUT2D eigenvalue weighted by molar-refractivity contribution is 9.10. The zero-order valence-corrected chi connectivity index (χ0v) is 17.7. The number of benzene rings is 2. The van der Waals surface area contributed by atoms with Crippen LogP contribution < -0.4 is 15.5 Å². The molecule has 0 spiro atoms. The molecule has 152 valence electrons. The van der Waals surface area contributed by atoms with Crippen LogP contribution in [0.25, 0.3) is 0 Å². The van der Waals surface area contributed by atoms with Gasteiger partial charge in [-0.2, -0.15) is 5.26 Å². The van der Waals surface area contributed by atoms with E-state index in [1.54, 1.807) is 6.07 Å². The zero-order chi connectivity index (χ0) is 21.7. The number of aliphatic hydroxyl groups is 1. The maximum atomic E-state index is 12.3. The second-order valence-corrected chi connectivity index (χ2v) is 7.40. The van der Waals surface area contributed by atoms with Gasteiger partial charge in [-0.15, -0.1) is 0 Å². The third kappa shape index (κ3) is 4.74. The highest BCUT2D eigenvalue weighted by Gasteiger charge is 2.23. The van der Waals surface area contributed by atoms with Gasteiger partial charge in [-0.05, 0) is 23.8 Å². The minimum Gasteiger partial charge on any atom is -0.387 e. The molecule has 3 N–H and O–H groups in total. The number of aliphatic hydroxyl groups excluding tert-OH is 1. The smallest absolute Gasteiger partial charge is 0.325 e. The molecule has 2 amide bonds. The highest BCUT2D eigenvalue weighted by Crippen LogP contribution is 2.36. The van der Waals surface area contributed by atoms with Gasteiger partial charge in [0.1, 0.15) is 6.07 Å². The van der Waals surface area contributed by atoms with Crippen molar-refractivity contribution in [2.45, 2.75) is 6.10 Å². The maximum absolute atomic E-state index is 12.3. The van der Waals surface area contributed by atoms with E-state index in [2.05, 4.69) is 25.9 Å². The summed E-state index contributed by atoms with van der Waals surface area (Å²) < 4.78 is 0.728. The lowest BCUT2D eigenvalue weighted by Gasteiger charge is -2.29. The Hall–Kier alpha value is -3.48. The van der Waals surface area contributed by atoms with Gasteiger partial charge in [0.2, 0.25) is 0 Å². The number of hydrogen-bond acceptors (Lipinski definition) is 6. The molecule has 0 aliphatic carbocycles. The normalized spacial score (nSPS) is 11.4. The number of likely N-dealkylation sites (N-methyl/N-ethyl adjacent to an activating group) is 1. The molecule has 1 unspecified atom stereocenters. The Bertz CT molecular complexity index is 1070. The van der Waals surface area contributed by atoms with Crippen molar-refractivity contribution >= 4 is 39.2 Å². The van der Waals surface area contributed by atoms with E-state index in [-0.39, 0.29) is 18.1 Å². The van der Waals surface area contributed by atoms with E-state index in [1.807, 2.05) is 60.5 Å². The van der Waals surface area contributed by atoms with Crippen molar-refractivity contribution in [1.29, 1.82) is 5.26 Å². The number of primary amides is 1. The Kier molecular flexibility index (Phi) is 6.61. The van der Waals surface area contributed by atoms with Gasteiger partial charge < -0.3 is 15.7 Å². The van der Waals surface area contributed by atoms with Crippen molar-refractivity contribution in [2.75, 3.05) is 23.4 Å². The summed E-state index contributed by atoms with van der Waals surface area (Å²) in [6.07, 6.45) is 1.85. The first-order valence-electron chi connectivity index (χ1n) is 8.96. The van der Waals surface area contributed by atoms with Crippen molar-refractivity contribution < 1.29 is 9.90 Å². The lowest BCUT2D eigenvalue weighted by atomic mass is 10.1. The lowest BCUT2D eigenvalue weighted by molar-refractivity contribution is 0.185. The van der Waals surface area contributed by atoms with Crippen LogP contribution in [0.3, 0.4) is 0 Å². The van der Waals surface area contributed by atoms with Gasteiger partial charge >= 0.3 is 6.03 Å². The summed E-state index contributed by atoms with van der Waals surface area (Å²) in [6, 6.07) is 15.8. The fourth-order valence-electron chi connectivity index (χ4n) is 2.99. The first kappa shape index (κ1) is 21.2. The van der Waals surface area contributed by atoms with Gasteiger partial charge in [0.15, 0.2) is 11.5 Å². The van der Waals surface area contributed by atoms with E-state index < -0.39 is 12.1 Å². The van der Waals surface area contributed by atoms with Crippen molar-refractivity contribution in [3.05, 3.63) is 76.7 Å². The summed E-state index contributed by atoms with van der Waals surface area (Å²) in [5.41, 5.74) is 7.67. The van der Waals surface area contributed by atoms with Gasteiger partial charge in [0.05, 0.1) is 29.9 Å². The third-order valence-corrected chi connectivity index (χ3v) is 4.92. The number of halogens is 1. The largest absolute Gasteiger partial charge is 0.387 e. The number of nitrogens with zero attached hydrogens (tertiary/aromatic N) is 5. The Morgan fingerprint density at radius 3 is 2.53 bits per heavy atom. The third-order valence-electron chi connectivity index (χ3n) is 4.42. The van der Waals surface area contributed by atoms with Crippen molar-refractivity contribution in [3.63, 3.8) is 0 Å². The molecule has 1 atom stereocenters. The van der Waals surface area contributed by atoms with Gasteiger partial charge in [-0.1, -0.05) is 46.3 Å². The van der Waals surface area contributed by atoms with E-state index in [0.717, 1.165) is 10.0 Å². The molecule has 30 heavy (non-hydrogen) atoms. The van der Waals surface area contributed by atoms with Gasteiger partial charge in [0.25, 0.3) is 0 Å². The molecular weight excluding hydrogens is 448 g/mol. The van der Waals surface area contributed by atoms with E-state index in [1.165, 1.54) is 17.3 Å². The fourth-order valence-corrected chi connectivity index (χ4v) is 3.34. The topological polar surface area (TPSA) is 119 Å². The Balaban J connectivity index is 1.98. The number of nitriles is 1. The van der Waals surface area contributed by atoms with E-state index in [9.17, 15) is 9.90 Å². The first-order valence-corrected chi connectivity index (χ1v) is 9.75. The average Bonchev–Trinajstić information content (AvgIpc) is 2.74. The molecule has 0 aliphatic rings. The summed E-state index contributed by atoms with van der Waals surface area (Å²) >= 11 is 3.42. The number of carbonyl (C=O) groups is 1. The number of rotatable bonds is 6. The minimum absolute atomic E-state index is 0.126. The summed E-state index contributed by atoms with van der Waals surface area (Å²) in [5, 5.41) is 19.5. The molecule has 1 heterocycles. The average molecular weight is 467 g/mol. The second kappa shape index (κ2) is 9.35. The molecule has 3 aromatic rings. The van der Waals surface area contributed by atoms with Crippen LogP contribution in [0.1, 0.15) is 17.4 Å². The van der Waals surface area contributed by atoms with Crippen LogP contribution in [0.2, 0.25) is 0 Å². The number of amides is 2. The monoisotopic (exact) mass is 466 g/mol. The number of hydrogen-bond donors (Lipinski definition) is 2. The first-order chi connectivity index (χ1) is 14.4. The molecule has 0 bridgehead atoms. The molecule has 0 fully saturated rings. The molecule has 1 aromatic heterocycles. The summed E-state index contributed by atoms with van der Waals surface area (Å²) in [5.74, 6) is 0.179. The SMILES string of the molecule is CN(CC(O)c1ccccc1)c1ccc(Br)cc1N(C(N)=O)c1cnc(C#N)cn1. The predicted octanol–water partition coefficient (Wildman–Crippen LogP) is 3.50. The predicted molar refractivity (Wildman–Crippen MR) is 117 cm³/mol. The number of aromatic nitrogens is 2. The molecule has 8 nitrogen and oxygen atoms in total. The van der Waals surface area contributed by atoms with E-state index in [4.69, 9.17) is 11.0 Å². The molecular formula is C21H19BrN6O2. The van der Waals surface area contributed by atoms with Crippen LogP contribution in [-0.2, 0) is 0 Å². The summed E-state index contributed by atoms with van der Waals surface area (Å²) in [7, 11) is 1.81. The van der Waals surface area contributed by atoms with E-state index in [0.29, 0.717) is 11.4 Å². The van der Waals surface area contributed by atoms with Crippen LogP contribution in [0, 0.1) is 11.3 Å². The summed E-state index contributed by atoms with van der Waals surface area (Å²) in [6.45, 7) is 0.282. The minimum atomic E-state index is -0.759. The van der Waals surface area contributed by atoms with Crippen LogP contribution in [-0.4, -0.2) is 34.7 Å². The van der Waals surface area contributed by atoms with Gasteiger partial charge in [-0.3, -0.25) is 0 Å². The van der Waals surface area contributed by atoms with Crippen molar-refractivity contribution in [2.24, 2.45) is 5.73 Å². The molecule has 0 aliphatic heterocycles. The van der Waals surface area contributed by atoms with Crippen molar-refractivity contribution in [1.82, 2.24) is 9.97 Å². The zero-order valence-electron chi connectivity index (χ0n) is 16.1. The van der Waals surface area contributed by atoms with Gasteiger partial charge in [-0.25, -0.2) is 19.7 Å². The second-order valence-electron chi connectivity index (χ2n) is 6.49. The Morgan fingerprint density at radius 1 is 1.20 bits per heavy atom. The Labute approximate surface area is 182 Å². The molecule has 3 rings (SSSR count). The quantitative estimate of drug-likeness (QED) is 0.573. The molecule has 2 aromatic carbocycles. The number of anilines is 3. The Morgan fingerprint density at radius 2 is 1.93 bits per heavy atom. The number of nitrogens with two attached hydrogens (primary N) is 1. The fraction of sp³-hybridized carbons (Fsp3) is 0.143. The highest BCUT2D eigenvalue weighted by atomic mass is 79.9. The number of carbonyl (C=O) groups excluding carboxylic acids is 1. The lowest BCUT2D eigenvalue weighted by Crippen LogP contribution is -2.34. The molecule has 9 heteroatoms. The van der Waals surface area contributed by atoms with Crippen LogP contribution in [0.4, 0.5) is 22.0 Å². The van der Waals surface area contributed by atoms with Crippen LogP contribution in [0.5, 0.6) is 0 Å². The summed E-state index contributed by atoms with van der Waals surface area (Å²) in [4.78, 5) is 23.5. The molecule has 0 saturated heterocycles. The van der Waals surface area contributed by atoms with Crippen LogP contribution in [0.15, 0.2) is 65.4 Å². The molecule has 0 saturated carbocycles. The standard InChI is InChI=1S/C21H19BrN6O2/c1-27(13-19(29)14-5-3-2-4-6-14)17-8-7-15(22)9-18(17)28(21(24)30)20-12-25-16(10-23)11-26-20/h2-9,11-12,19,29H,13H2,1H3,(H2,24,30).